The Morgan fingerprint density at radius 2 is 2.00 bits per heavy atom. The molecular weight excluding hydrogens is 552 g/mol. The van der Waals surface area contributed by atoms with Gasteiger partial charge < -0.3 is 29.7 Å². The van der Waals surface area contributed by atoms with Gasteiger partial charge in [-0.2, -0.15) is 10.2 Å². The Bertz CT molecular complexity index is 1530. The lowest BCUT2D eigenvalue weighted by Gasteiger charge is -2.38. The molecule has 2 N–H and O–H groups in total. The molecule has 3 aromatic rings. The highest BCUT2D eigenvalue weighted by molar-refractivity contribution is 5.96. The fraction of sp³-hybridized carbons (Fsp3) is 0.357. The van der Waals surface area contributed by atoms with Crippen LogP contribution in [-0.2, 0) is 4.79 Å². The van der Waals surface area contributed by atoms with Gasteiger partial charge in [0.1, 0.15) is 29.3 Å². The average Bonchev–Trinajstić information content (AvgIpc) is 2.97. The van der Waals surface area contributed by atoms with E-state index < -0.39 is 30.6 Å². The van der Waals surface area contributed by atoms with Crippen LogP contribution in [0.2, 0.25) is 0 Å². The molecule has 14 heteroatoms. The highest BCUT2D eigenvalue weighted by Crippen LogP contribution is 2.34. The first kappa shape index (κ1) is 30.1. The minimum absolute atomic E-state index is 0.0178. The summed E-state index contributed by atoms with van der Waals surface area (Å²) in [5.41, 5.74) is 1.24. The Morgan fingerprint density at radius 3 is 2.64 bits per heavy atom. The van der Waals surface area contributed by atoms with E-state index in [1.165, 1.54) is 37.3 Å². The fourth-order valence-corrected chi connectivity index (χ4v) is 4.31. The van der Waals surface area contributed by atoms with Gasteiger partial charge in [0.15, 0.2) is 6.10 Å². The molecule has 2 amide bonds. The number of nitrogens with one attached hydrogen (secondary N) is 1. The fourth-order valence-electron chi connectivity index (χ4n) is 4.31. The van der Waals surface area contributed by atoms with Crippen molar-refractivity contribution in [1.29, 1.82) is 5.26 Å². The first-order valence-electron chi connectivity index (χ1n) is 12.9. The van der Waals surface area contributed by atoms with Gasteiger partial charge in [-0.05, 0) is 43.3 Å². The van der Waals surface area contributed by atoms with Gasteiger partial charge in [0.2, 0.25) is 11.8 Å². The number of carbonyl (C=O) groups excluding carboxylic acids is 2. The lowest BCUT2D eigenvalue weighted by molar-refractivity contribution is -0.165. The highest BCUT2D eigenvalue weighted by atomic mass is 19.3. The Labute approximate surface area is 240 Å². The summed E-state index contributed by atoms with van der Waals surface area (Å²) in [4.78, 5) is 39.6. The normalized spacial score (nSPS) is 16.6. The van der Waals surface area contributed by atoms with Crippen LogP contribution >= 0.6 is 0 Å². The number of aromatic nitrogens is 3. The van der Waals surface area contributed by atoms with Crippen LogP contribution in [0.4, 0.5) is 20.5 Å². The number of anilines is 2. The molecule has 1 aliphatic heterocycles. The van der Waals surface area contributed by atoms with Crippen molar-refractivity contribution in [2.24, 2.45) is 0 Å². The minimum atomic E-state index is -3.39. The van der Waals surface area contributed by atoms with Crippen LogP contribution in [0.15, 0.2) is 42.6 Å². The van der Waals surface area contributed by atoms with E-state index in [1.54, 1.807) is 38.4 Å². The molecule has 0 bridgehead atoms. The van der Waals surface area contributed by atoms with Crippen molar-refractivity contribution < 1.29 is 33.0 Å². The van der Waals surface area contributed by atoms with Gasteiger partial charge in [-0.15, -0.1) is 0 Å². The number of nitriles is 1. The van der Waals surface area contributed by atoms with Crippen molar-refractivity contribution in [1.82, 2.24) is 24.8 Å². The van der Waals surface area contributed by atoms with Crippen molar-refractivity contribution in [2.75, 3.05) is 39.6 Å². The van der Waals surface area contributed by atoms with Gasteiger partial charge in [0.05, 0.1) is 24.9 Å². The quantitative estimate of drug-likeness (QED) is 0.406. The van der Waals surface area contributed by atoms with Crippen LogP contribution in [0, 0.1) is 11.3 Å². The second-order valence-electron chi connectivity index (χ2n) is 9.76. The maximum absolute atomic E-state index is 14.8. The molecule has 12 nitrogen and oxygen atoms in total. The first-order chi connectivity index (χ1) is 19.9. The molecular formula is C28H29F2N7O5. The number of methoxy groups -OCH3 is 1. The second-order valence-corrected chi connectivity index (χ2v) is 9.76. The van der Waals surface area contributed by atoms with E-state index in [0.29, 0.717) is 17.1 Å². The number of rotatable bonds is 8. The number of carbonyl (C=O) groups is 2. The number of likely N-dealkylation sites (tertiary alicyclic amines) is 1. The summed E-state index contributed by atoms with van der Waals surface area (Å²) < 4.78 is 40.5. The van der Waals surface area contributed by atoms with E-state index >= 15 is 0 Å². The molecule has 3 heterocycles. The van der Waals surface area contributed by atoms with Crippen molar-refractivity contribution in [3.8, 4) is 29.0 Å². The zero-order valence-corrected chi connectivity index (χ0v) is 23.3. The monoisotopic (exact) mass is 581 g/mol. The van der Waals surface area contributed by atoms with Crippen LogP contribution in [-0.4, -0.2) is 94.1 Å². The van der Waals surface area contributed by atoms with Gasteiger partial charge in [-0.3, -0.25) is 9.59 Å². The number of piperidine rings is 1. The summed E-state index contributed by atoms with van der Waals surface area (Å²) in [5, 5.41) is 22.1. The van der Waals surface area contributed by atoms with Crippen molar-refractivity contribution in [3.63, 3.8) is 0 Å². The van der Waals surface area contributed by atoms with Crippen molar-refractivity contribution in [2.45, 2.75) is 31.5 Å². The van der Waals surface area contributed by atoms with E-state index in [1.807, 2.05) is 6.07 Å². The summed E-state index contributed by atoms with van der Waals surface area (Å²) in [6.07, 6.45) is -1.63. The number of aliphatic hydroxyl groups excluding tert-OH is 1. The SMILES string of the molecule is COc1nc(Nc2nccc(-c3ccc(OC4CCN(C(=O)[C@@H](C)O)CC4(F)F)c(C#N)c3)n2)ccc1C(=O)N(C)C. The third-order valence-electron chi connectivity index (χ3n) is 6.45. The van der Waals surface area contributed by atoms with Crippen molar-refractivity contribution >= 4 is 23.6 Å². The Kier molecular flexibility index (Phi) is 8.82. The maximum atomic E-state index is 14.8. The molecule has 220 valence electrons. The maximum Gasteiger partial charge on any atom is 0.301 e. The molecule has 2 atom stereocenters. The first-order valence-corrected chi connectivity index (χ1v) is 12.9. The Morgan fingerprint density at radius 1 is 1.24 bits per heavy atom. The van der Waals surface area contributed by atoms with Crippen LogP contribution in [0.3, 0.4) is 0 Å². The molecule has 42 heavy (non-hydrogen) atoms. The number of hydrogen-bond donors (Lipinski definition) is 2. The van der Waals surface area contributed by atoms with Gasteiger partial charge in [-0.25, -0.2) is 18.7 Å². The van der Waals surface area contributed by atoms with Gasteiger partial charge >= 0.3 is 5.92 Å². The average molecular weight is 582 g/mol. The van der Waals surface area contributed by atoms with Crippen LogP contribution in [0.25, 0.3) is 11.3 Å². The standard InChI is InChI=1S/C28H29F2N7O5/c1-16(38)25(39)37-12-10-22(28(29,30)15-37)42-21-7-5-17(13-18(21)14-31)20-9-11-32-27(33-20)35-23-8-6-19(24(34-23)41-4)26(40)36(2)3/h5-9,11,13,16,22,38H,10,12,15H2,1-4H3,(H,32,33,34,35)/t16-,22?/m1/s1. The van der Waals surface area contributed by atoms with Gasteiger partial charge in [-0.1, -0.05) is 0 Å². The minimum Gasteiger partial charge on any atom is -0.483 e. The van der Waals surface area contributed by atoms with Crippen LogP contribution in [0.5, 0.6) is 11.6 Å². The molecule has 0 saturated carbocycles. The highest BCUT2D eigenvalue weighted by Gasteiger charge is 2.48. The zero-order chi connectivity index (χ0) is 30.6. The molecule has 1 unspecified atom stereocenters. The van der Waals surface area contributed by atoms with E-state index in [9.17, 15) is 28.7 Å². The summed E-state index contributed by atoms with van der Waals surface area (Å²) >= 11 is 0. The number of hydrogen-bond acceptors (Lipinski definition) is 10. The van der Waals surface area contributed by atoms with E-state index in [0.717, 1.165) is 4.90 Å². The molecule has 1 fully saturated rings. The number of nitrogens with zero attached hydrogens (tertiary/aromatic N) is 6. The van der Waals surface area contributed by atoms with Crippen LogP contribution < -0.4 is 14.8 Å². The summed E-state index contributed by atoms with van der Waals surface area (Å²) in [5.74, 6) is -3.86. The van der Waals surface area contributed by atoms with Crippen molar-refractivity contribution in [3.05, 3.63) is 53.7 Å². The molecule has 0 radical (unpaired) electrons. The van der Waals surface area contributed by atoms with Gasteiger partial charge in [0.25, 0.3) is 11.8 Å². The number of ether oxygens (including phenoxy) is 2. The third-order valence-corrected chi connectivity index (χ3v) is 6.45. The summed E-state index contributed by atoms with van der Waals surface area (Å²) in [6, 6.07) is 11.2. The number of aliphatic hydroxyl groups is 1. The predicted molar refractivity (Wildman–Crippen MR) is 147 cm³/mol. The molecule has 1 aliphatic rings. The number of benzene rings is 1. The van der Waals surface area contributed by atoms with Crippen LogP contribution in [0.1, 0.15) is 29.3 Å². The lowest BCUT2D eigenvalue weighted by Crippen LogP contribution is -2.56. The molecule has 1 aromatic carbocycles. The zero-order valence-electron chi connectivity index (χ0n) is 23.3. The molecule has 0 spiro atoms. The number of alkyl halides is 2. The second kappa shape index (κ2) is 12.3. The molecule has 1 saturated heterocycles. The van der Waals surface area contributed by atoms with Gasteiger partial charge in [0, 0.05) is 38.8 Å². The molecule has 4 rings (SSSR count). The molecule has 2 aromatic heterocycles. The number of halogens is 2. The van der Waals surface area contributed by atoms with E-state index in [4.69, 9.17) is 9.47 Å². The van der Waals surface area contributed by atoms with E-state index in [-0.39, 0.29) is 47.6 Å². The number of pyridine rings is 1. The van der Waals surface area contributed by atoms with E-state index in [2.05, 4.69) is 20.3 Å². The predicted octanol–water partition coefficient (Wildman–Crippen LogP) is 2.86. The lowest BCUT2D eigenvalue weighted by atomic mass is 10.0. The summed E-state index contributed by atoms with van der Waals surface area (Å²) in [6.45, 7) is 0.310. The largest absolute Gasteiger partial charge is 0.483 e. The summed E-state index contributed by atoms with van der Waals surface area (Å²) in [7, 11) is 4.64. The Hall–Kier alpha value is -4.90. The third kappa shape index (κ3) is 6.52. The Balaban J connectivity index is 1.51. The molecule has 0 aliphatic carbocycles. The topological polar surface area (TPSA) is 154 Å². The smallest absolute Gasteiger partial charge is 0.301 e. The number of amides is 2.